The zero-order valence-corrected chi connectivity index (χ0v) is 19.3. The summed E-state index contributed by atoms with van der Waals surface area (Å²) in [5, 5.41) is 10.6. The lowest BCUT2D eigenvalue weighted by Crippen LogP contribution is -2.17. The Morgan fingerprint density at radius 3 is 2.53 bits per heavy atom. The van der Waals surface area contributed by atoms with Crippen LogP contribution in [0.25, 0.3) is 22.2 Å². The minimum Gasteiger partial charge on any atom is -0.350 e. The van der Waals surface area contributed by atoms with E-state index in [1.165, 1.54) is 0 Å². The van der Waals surface area contributed by atoms with Gasteiger partial charge < -0.3 is 4.57 Å². The van der Waals surface area contributed by atoms with Crippen molar-refractivity contribution >= 4 is 34.6 Å². The van der Waals surface area contributed by atoms with Gasteiger partial charge in [0.25, 0.3) is 5.91 Å². The van der Waals surface area contributed by atoms with Crippen molar-refractivity contribution in [2.75, 3.05) is 0 Å². The summed E-state index contributed by atoms with van der Waals surface area (Å²) < 4.78 is 3.79. The fourth-order valence-corrected chi connectivity index (χ4v) is 4.08. The van der Waals surface area contributed by atoms with Crippen LogP contribution >= 0.6 is 11.6 Å². The van der Waals surface area contributed by atoms with E-state index < -0.39 is 0 Å². The third-order valence-corrected chi connectivity index (χ3v) is 5.86. The SMILES string of the molecule is Cn1cc(C(=O)N/N=C/c2cn(Cc3ccc(Cl)cc3)nc2-c2ccccc2)c2ccccc21. The second-order valence-corrected chi connectivity index (χ2v) is 8.43. The molecule has 0 aliphatic carbocycles. The van der Waals surface area contributed by atoms with Crippen molar-refractivity contribution in [2.24, 2.45) is 12.1 Å². The van der Waals surface area contributed by atoms with E-state index in [-0.39, 0.29) is 5.91 Å². The van der Waals surface area contributed by atoms with Crippen molar-refractivity contribution in [3.63, 3.8) is 0 Å². The molecule has 6 nitrogen and oxygen atoms in total. The largest absolute Gasteiger partial charge is 0.350 e. The van der Waals surface area contributed by atoms with E-state index in [2.05, 4.69) is 10.5 Å². The first kappa shape index (κ1) is 21.7. The molecule has 0 spiro atoms. The van der Waals surface area contributed by atoms with Crippen LogP contribution in [-0.2, 0) is 13.6 Å². The van der Waals surface area contributed by atoms with Gasteiger partial charge in [-0.25, -0.2) is 5.43 Å². The summed E-state index contributed by atoms with van der Waals surface area (Å²) in [6, 6.07) is 25.4. The predicted molar refractivity (Wildman–Crippen MR) is 136 cm³/mol. The Morgan fingerprint density at radius 2 is 1.74 bits per heavy atom. The Balaban J connectivity index is 1.40. The van der Waals surface area contributed by atoms with Crippen LogP contribution in [0.3, 0.4) is 0 Å². The fourth-order valence-electron chi connectivity index (χ4n) is 3.95. The van der Waals surface area contributed by atoms with Crippen LogP contribution in [0.1, 0.15) is 21.5 Å². The Hall–Kier alpha value is -4.16. The average Bonchev–Trinajstić information content (AvgIpc) is 3.42. The minimum absolute atomic E-state index is 0.261. The van der Waals surface area contributed by atoms with Crippen LogP contribution in [0, 0.1) is 0 Å². The van der Waals surface area contributed by atoms with Gasteiger partial charge in [-0.2, -0.15) is 10.2 Å². The van der Waals surface area contributed by atoms with E-state index in [9.17, 15) is 4.79 Å². The van der Waals surface area contributed by atoms with Gasteiger partial charge in [-0.1, -0.05) is 72.3 Å². The van der Waals surface area contributed by atoms with Crippen molar-refractivity contribution in [3.8, 4) is 11.3 Å². The second-order valence-electron chi connectivity index (χ2n) is 7.99. The van der Waals surface area contributed by atoms with Crippen LogP contribution in [0.4, 0.5) is 0 Å². The molecule has 0 saturated carbocycles. The molecule has 1 amide bonds. The van der Waals surface area contributed by atoms with Gasteiger partial charge in [0.15, 0.2) is 0 Å². The number of hydrogen-bond acceptors (Lipinski definition) is 3. The first-order valence-electron chi connectivity index (χ1n) is 10.8. The molecule has 3 aromatic carbocycles. The number of rotatable bonds is 6. The van der Waals surface area contributed by atoms with Gasteiger partial charge in [0.2, 0.25) is 0 Å². The van der Waals surface area contributed by atoms with Crippen LogP contribution in [0.2, 0.25) is 5.02 Å². The first-order valence-corrected chi connectivity index (χ1v) is 11.2. The maximum atomic E-state index is 12.8. The standard InChI is InChI=1S/C27H22ClN5O/c1-32-18-24(23-9-5-6-10-25(23)32)27(34)30-29-15-21-17-33(16-19-11-13-22(28)14-12-19)31-26(21)20-7-3-2-4-8-20/h2-15,17-18H,16H2,1H3,(H,30,34)/b29-15+. The smallest absolute Gasteiger partial charge is 0.273 e. The highest BCUT2D eigenvalue weighted by atomic mass is 35.5. The number of aromatic nitrogens is 3. The zero-order valence-electron chi connectivity index (χ0n) is 18.5. The van der Waals surface area contributed by atoms with Gasteiger partial charge in [0, 0.05) is 46.5 Å². The quantitative estimate of drug-likeness (QED) is 0.264. The summed E-state index contributed by atoms with van der Waals surface area (Å²) in [5.41, 5.74) is 7.88. The fraction of sp³-hybridized carbons (Fsp3) is 0.0741. The Morgan fingerprint density at radius 1 is 1.00 bits per heavy atom. The van der Waals surface area contributed by atoms with E-state index in [4.69, 9.17) is 16.7 Å². The summed E-state index contributed by atoms with van der Waals surface area (Å²) in [7, 11) is 1.92. The van der Waals surface area contributed by atoms with E-state index >= 15 is 0 Å². The number of para-hydroxylation sites is 1. The molecule has 0 radical (unpaired) electrons. The number of benzene rings is 3. The number of carbonyl (C=O) groups excluding carboxylic acids is 1. The van der Waals surface area contributed by atoms with Crippen LogP contribution < -0.4 is 5.43 Å². The molecule has 7 heteroatoms. The van der Waals surface area contributed by atoms with Crippen LogP contribution in [0.5, 0.6) is 0 Å². The minimum atomic E-state index is -0.261. The molecular formula is C27H22ClN5O. The molecule has 0 atom stereocenters. The van der Waals surface area contributed by atoms with Crippen LogP contribution in [-0.4, -0.2) is 26.5 Å². The summed E-state index contributed by atoms with van der Waals surface area (Å²) in [6.07, 6.45) is 5.37. The van der Waals surface area contributed by atoms with Gasteiger partial charge in [-0.05, 0) is 23.8 Å². The third kappa shape index (κ3) is 4.49. The molecule has 0 aliphatic heterocycles. The number of hydrogen-bond donors (Lipinski definition) is 1. The van der Waals surface area contributed by atoms with Crippen molar-refractivity contribution < 1.29 is 4.79 Å². The number of carbonyl (C=O) groups is 1. The van der Waals surface area contributed by atoms with E-state index in [1.807, 2.05) is 108 Å². The zero-order chi connectivity index (χ0) is 23.5. The van der Waals surface area contributed by atoms with Gasteiger partial charge in [0.1, 0.15) is 5.69 Å². The summed E-state index contributed by atoms with van der Waals surface area (Å²) in [5.74, 6) is -0.261. The van der Waals surface area contributed by atoms with Crippen molar-refractivity contribution in [3.05, 3.63) is 113 Å². The molecule has 5 aromatic rings. The average molecular weight is 468 g/mol. The number of fused-ring (bicyclic) bond motifs is 1. The highest BCUT2D eigenvalue weighted by Gasteiger charge is 2.14. The van der Waals surface area contributed by atoms with Crippen LogP contribution in [0.15, 0.2) is 96.4 Å². The lowest BCUT2D eigenvalue weighted by molar-refractivity contribution is 0.0956. The van der Waals surface area contributed by atoms with Crippen molar-refractivity contribution in [1.82, 2.24) is 19.8 Å². The normalized spacial score (nSPS) is 11.4. The highest BCUT2D eigenvalue weighted by Crippen LogP contribution is 2.22. The van der Waals surface area contributed by atoms with Gasteiger partial charge >= 0.3 is 0 Å². The third-order valence-electron chi connectivity index (χ3n) is 5.61. The molecule has 168 valence electrons. The molecule has 0 bridgehead atoms. The molecule has 2 aromatic heterocycles. The lowest BCUT2D eigenvalue weighted by Gasteiger charge is -2.02. The molecule has 0 unspecified atom stereocenters. The lowest BCUT2D eigenvalue weighted by atomic mass is 10.1. The summed E-state index contributed by atoms with van der Waals surface area (Å²) in [4.78, 5) is 12.8. The van der Waals surface area contributed by atoms with Gasteiger partial charge in [-0.3, -0.25) is 9.48 Å². The summed E-state index contributed by atoms with van der Waals surface area (Å²) >= 11 is 6.01. The summed E-state index contributed by atoms with van der Waals surface area (Å²) in [6.45, 7) is 0.590. The number of hydrazone groups is 1. The molecular weight excluding hydrogens is 446 g/mol. The Labute approximate surface area is 202 Å². The maximum Gasteiger partial charge on any atom is 0.273 e. The molecule has 5 rings (SSSR count). The Bertz CT molecular complexity index is 1480. The van der Waals surface area contributed by atoms with Gasteiger partial charge in [-0.15, -0.1) is 0 Å². The molecule has 2 heterocycles. The van der Waals surface area contributed by atoms with E-state index in [0.29, 0.717) is 17.1 Å². The predicted octanol–water partition coefficient (Wildman–Crippen LogP) is 5.51. The van der Waals surface area contributed by atoms with E-state index in [0.717, 1.165) is 33.3 Å². The number of aryl methyl sites for hydroxylation is 1. The number of amides is 1. The number of nitrogens with zero attached hydrogens (tertiary/aromatic N) is 4. The molecule has 0 aliphatic rings. The molecule has 1 N–H and O–H groups in total. The topological polar surface area (TPSA) is 64.2 Å². The number of halogens is 1. The molecule has 0 saturated heterocycles. The maximum absolute atomic E-state index is 12.8. The molecule has 0 fully saturated rings. The first-order chi connectivity index (χ1) is 16.6. The van der Waals surface area contributed by atoms with E-state index in [1.54, 1.807) is 6.21 Å². The highest BCUT2D eigenvalue weighted by molar-refractivity contribution is 6.30. The second kappa shape index (κ2) is 9.37. The number of nitrogens with one attached hydrogen (secondary N) is 1. The Kier molecular flexibility index (Phi) is 5.97. The van der Waals surface area contributed by atoms with Crippen molar-refractivity contribution in [2.45, 2.75) is 6.54 Å². The monoisotopic (exact) mass is 467 g/mol. The van der Waals surface area contributed by atoms with Gasteiger partial charge in [0.05, 0.1) is 18.3 Å². The molecule has 34 heavy (non-hydrogen) atoms. The van der Waals surface area contributed by atoms with Crippen molar-refractivity contribution in [1.29, 1.82) is 0 Å².